The number of hydrogen-bond donors (Lipinski definition) is 0. The zero-order valence-electron chi connectivity index (χ0n) is 10.5. The third-order valence-electron chi connectivity index (χ3n) is 3.12. The third-order valence-corrected chi connectivity index (χ3v) is 3.12. The monoisotopic (exact) mass is 236 g/mol. The maximum absolute atomic E-state index is 10.5. The number of carbonyl (C=O) groups is 1. The zero-order valence-corrected chi connectivity index (χ0v) is 10.5. The second-order valence-electron chi connectivity index (χ2n) is 5.29. The van der Waals surface area contributed by atoms with Crippen molar-refractivity contribution in [2.45, 2.75) is 26.8 Å². The summed E-state index contributed by atoms with van der Waals surface area (Å²) in [5.74, 6) is 1.36. The molecule has 5 nitrogen and oxygen atoms in total. The molecule has 1 aliphatic heterocycles. The highest BCUT2D eigenvalue weighted by Gasteiger charge is 2.23. The van der Waals surface area contributed by atoms with Crippen LogP contribution in [0.15, 0.2) is 6.20 Å². The molecule has 0 amide bonds. The number of aromatic nitrogens is 3. The lowest BCUT2D eigenvalue weighted by molar-refractivity contribution is 0.111. The van der Waals surface area contributed by atoms with E-state index in [0.29, 0.717) is 11.6 Å². The van der Waals surface area contributed by atoms with Gasteiger partial charge in [-0.3, -0.25) is 9.48 Å². The van der Waals surface area contributed by atoms with E-state index >= 15 is 0 Å². The number of nitrogens with zero attached hydrogens (tertiary/aromatic N) is 4. The highest BCUT2D eigenvalue weighted by molar-refractivity contribution is 5.70. The van der Waals surface area contributed by atoms with Crippen LogP contribution < -0.4 is 0 Å². The van der Waals surface area contributed by atoms with Crippen molar-refractivity contribution in [2.24, 2.45) is 11.8 Å². The Morgan fingerprint density at radius 3 is 3.06 bits per heavy atom. The Morgan fingerprint density at radius 1 is 1.59 bits per heavy atom. The summed E-state index contributed by atoms with van der Waals surface area (Å²) in [4.78, 5) is 13.0. The average Bonchev–Trinajstić information content (AvgIpc) is 2.88. The summed E-state index contributed by atoms with van der Waals surface area (Å²) in [5, 5.41) is 7.73. The molecule has 17 heavy (non-hydrogen) atoms. The molecule has 1 fully saturated rings. The molecule has 0 saturated carbocycles. The normalized spacial score (nSPS) is 21.2. The Morgan fingerprint density at radius 2 is 2.41 bits per heavy atom. The lowest BCUT2D eigenvalue weighted by Gasteiger charge is -2.18. The second kappa shape index (κ2) is 5.40. The van der Waals surface area contributed by atoms with E-state index in [0.717, 1.165) is 25.3 Å². The standard InChI is InChI=1S/C12H20N4O/c1-10(2)5-15-4-3-11(6-15)7-16-8-12(9-17)13-14-16/h8-11H,3-7H2,1-2H3. The van der Waals surface area contributed by atoms with Crippen molar-refractivity contribution in [1.82, 2.24) is 19.9 Å². The van der Waals surface area contributed by atoms with E-state index in [2.05, 4.69) is 29.1 Å². The molecule has 1 atom stereocenters. The summed E-state index contributed by atoms with van der Waals surface area (Å²) < 4.78 is 1.78. The smallest absolute Gasteiger partial charge is 0.171 e. The van der Waals surface area contributed by atoms with E-state index in [1.54, 1.807) is 10.9 Å². The molecule has 1 aliphatic rings. The van der Waals surface area contributed by atoms with E-state index < -0.39 is 0 Å². The first kappa shape index (κ1) is 12.2. The van der Waals surface area contributed by atoms with Gasteiger partial charge < -0.3 is 4.90 Å². The summed E-state index contributed by atoms with van der Waals surface area (Å²) >= 11 is 0. The van der Waals surface area contributed by atoms with Crippen LogP contribution in [0, 0.1) is 11.8 Å². The Labute approximate surface area is 102 Å². The van der Waals surface area contributed by atoms with Gasteiger partial charge in [-0.05, 0) is 24.8 Å². The summed E-state index contributed by atoms with van der Waals surface area (Å²) in [5.41, 5.74) is 0.419. The maximum Gasteiger partial charge on any atom is 0.171 e. The van der Waals surface area contributed by atoms with Gasteiger partial charge in [0.05, 0.1) is 6.20 Å². The number of likely N-dealkylation sites (tertiary alicyclic amines) is 1. The van der Waals surface area contributed by atoms with Gasteiger partial charge in [0.2, 0.25) is 0 Å². The quantitative estimate of drug-likeness (QED) is 0.718. The fraction of sp³-hybridized carbons (Fsp3) is 0.750. The van der Waals surface area contributed by atoms with Crippen molar-refractivity contribution in [3.05, 3.63) is 11.9 Å². The number of aldehydes is 1. The highest BCUT2D eigenvalue weighted by Crippen LogP contribution is 2.18. The number of carbonyl (C=O) groups excluding carboxylic acids is 1. The molecule has 1 aromatic rings. The van der Waals surface area contributed by atoms with Gasteiger partial charge in [0.1, 0.15) is 5.69 Å². The van der Waals surface area contributed by atoms with Gasteiger partial charge in [-0.25, -0.2) is 0 Å². The summed E-state index contributed by atoms with van der Waals surface area (Å²) in [6, 6.07) is 0. The molecular weight excluding hydrogens is 216 g/mol. The first-order chi connectivity index (χ1) is 8.17. The van der Waals surface area contributed by atoms with Crippen molar-refractivity contribution < 1.29 is 4.79 Å². The molecule has 1 aromatic heterocycles. The second-order valence-corrected chi connectivity index (χ2v) is 5.29. The molecule has 0 radical (unpaired) electrons. The molecule has 2 heterocycles. The fourth-order valence-corrected chi connectivity index (χ4v) is 2.47. The van der Waals surface area contributed by atoms with Gasteiger partial charge in [0.15, 0.2) is 6.29 Å². The van der Waals surface area contributed by atoms with Gasteiger partial charge in [0.25, 0.3) is 0 Å². The van der Waals surface area contributed by atoms with Gasteiger partial charge in [-0.1, -0.05) is 19.1 Å². The predicted molar refractivity (Wildman–Crippen MR) is 64.8 cm³/mol. The number of hydrogen-bond acceptors (Lipinski definition) is 4. The number of rotatable bonds is 5. The topological polar surface area (TPSA) is 51.0 Å². The lowest BCUT2D eigenvalue weighted by Crippen LogP contribution is -2.26. The van der Waals surface area contributed by atoms with Gasteiger partial charge in [-0.15, -0.1) is 5.10 Å². The van der Waals surface area contributed by atoms with Crippen LogP contribution in [0.5, 0.6) is 0 Å². The minimum absolute atomic E-state index is 0.419. The van der Waals surface area contributed by atoms with E-state index in [9.17, 15) is 4.79 Å². The first-order valence-electron chi connectivity index (χ1n) is 6.25. The molecule has 0 aromatic carbocycles. The van der Waals surface area contributed by atoms with Gasteiger partial charge in [-0.2, -0.15) is 0 Å². The summed E-state index contributed by atoms with van der Waals surface area (Å²) in [7, 11) is 0. The molecule has 0 N–H and O–H groups in total. The lowest BCUT2D eigenvalue weighted by atomic mass is 10.1. The molecule has 94 valence electrons. The summed E-state index contributed by atoms with van der Waals surface area (Å²) in [6.45, 7) is 8.86. The molecular formula is C12H20N4O. The highest BCUT2D eigenvalue weighted by atomic mass is 16.1. The van der Waals surface area contributed by atoms with E-state index in [1.165, 1.54) is 19.5 Å². The zero-order chi connectivity index (χ0) is 12.3. The molecule has 5 heteroatoms. The molecule has 0 bridgehead atoms. The Hall–Kier alpha value is -1.23. The molecule has 1 unspecified atom stereocenters. The van der Waals surface area contributed by atoms with Crippen molar-refractivity contribution in [1.29, 1.82) is 0 Å². The van der Waals surface area contributed by atoms with Crippen LogP contribution >= 0.6 is 0 Å². The van der Waals surface area contributed by atoms with Gasteiger partial charge >= 0.3 is 0 Å². The summed E-state index contributed by atoms with van der Waals surface area (Å²) in [6.07, 6.45) is 3.67. The first-order valence-corrected chi connectivity index (χ1v) is 6.25. The van der Waals surface area contributed by atoms with Crippen LogP contribution in [-0.2, 0) is 6.54 Å². The molecule has 2 rings (SSSR count). The van der Waals surface area contributed by atoms with Crippen LogP contribution in [0.1, 0.15) is 30.8 Å². The maximum atomic E-state index is 10.5. The Bertz CT molecular complexity index is 374. The van der Waals surface area contributed by atoms with E-state index in [1.807, 2.05) is 0 Å². The van der Waals surface area contributed by atoms with Crippen molar-refractivity contribution in [3.8, 4) is 0 Å². The van der Waals surface area contributed by atoms with Crippen LogP contribution in [0.3, 0.4) is 0 Å². The minimum atomic E-state index is 0.419. The van der Waals surface area contributed by atoms with Crippen LogP contribution in [0.4, 0.5) is 0 Å². The largest absolute Gasteiger partial charge is 0.303 e. The Balaban J connectivity index is 1.83. The van der Waals surface area contributed by atoms with E-state index in [4.69, 9.17) is 0 Å². The minimum Gasteiger partial charge on any atom is -0.303 e. The van der Waals surface area contributed by atoms with E-state index in [-0.39, 0.29) is 0 Å². The third kappa shape index (κ3) is 3.36. The van der Waals surface area contributed by atoms with Crippen molar-refractivity contribution in [3.63, 3.8) is 0 Å². The van der Waals surface area contributed by atoms with Crippen LogP contribution in [-0.4, -0.2) is 45.8 Å². The van der Waals surface area contributed by atoms with Gasteiger partial charge in [0, 0.05) is 19.6 Å². The van der Waals surface area contributed by atoms with Crippen molar-refractivity contribution in [2.75, 3.05) is 19.6 Å². The van der Waals surface area contributed by atoms with Crippen molar-refractivity contribution >= 4 is 6.29 Å². The average molecular weight is 236 g/mol. The predicted octanol–water partition coefficient (Wildman–Crippen LogP) is 1.07. The fourth-order valence-electron chi connectivity index (χ4n) is 2.47. The van der Waals surface area contributed by atoms with Crippen LogP contribution in [0.25, 0.3) is 0 Å². The SMILES string of the molecule is CC(C)CN1CCC(Cn2cc(C=O)nn2)C1. The Kier molecular flexibility index (Phi) is 3.89. The molecule has 1 saturated heterocycles. The molecule has 0 spiro atoms. The van der Waals surface area contributed by atoms with Crippen LogP contribution in [0.2, 0.25) is 0 Å². The molecule has 0 aliphatic carbocycles.